The van der Waals surface area contributed by atoms with E-state index in [4.69, 9.17) is 35.3 Å². The Kier molecular flexibility index (Phi) is 6.92. The van der Waals surface area contributed by atoms with Gasteiger partial charge in [-0.15, -0.1) is 0 Å². The van der Waals surface area contributed by atoms with E-state index in [1.54, 1.807) is 19.1 Å². The average Bonchev–Trinajstić information content (AvgIpc) is 3.69. The molecule has 0 spiro atoms. The van der Waals surface area contributed by atoms with Gasteiger partial charge >= 0.3 is 5.76 Å². The van der Waals surface area contributed by atoms with Crippen LogP contribution in [0.3, 0.4) is 0 Å². The third kappa shape index (κ3) is 5.18. The van der Waals surface area contributed by atoms with Crippen molar-refractivity contribution in [1.29, 1.82) is 0 Å². The summed E-state index contributed by atoms with van der Waals surface area (Å²) in [7, 11) is 0. The minimum absolute atomic E-state index is 0.174. The number of aromatic nitrogens is 4. The van der Waals surface area contributed by atoms with E-state index >= 15 is 0 Å². The van der Waals surface area contributed by atoms with Gasteiger partial charge in [-0.25, -0.2) is 14.2 Å². The molecule has 5 aromatic rings. The van der Waals surface area contributed by atoms with Crippen LogP contribution in [-0.4, -0.2) is 50.4 Å². The van der Waals surface area contributed by atoms with Crippen molar-refractivity contribution in [2.45, 2.75) is 57.1 Å². The maximum atomic E-state index is 14.9. The van der Waals surface area contributed by atoms with E-state index in [9.17, 15) is 9.18 Å². The summed E-state index contributed by atoms with van der Waals surface area (Å²) in [6.07, 6.45) is 3.07. The van der Waals surface area contributed by atoms with E-state index in [0.717, 1.165) is 73.5 Å². The molecule has 2 fully saturated rings. The van der Waals surface area contributed by atoms with Gasteiger partial charge in [0.15, 0.2) is 17.3 Å². The van der Waals surface area contributed by atoms with Crippen molar-refractivity contribution in [1.82, 2.24) is 24.6 Å². The zero-order valence-corrected chi connectivity index (χ0v) is 25.3. The number of para-hydroxylation sites is 1. The molecule has 232 valence electrons. The molecule has 5 heterocycles. The first-order chi connectivity index (χ1) is 21.8. The lowest BCUT2D eigenvalue weighted by Gasteiger charge is -2.33. The lowest BCUT2D eigenvalue weighted by molar-refractivity contribution is -0.0712. The number of nitrogens with zero attached hydrogens (tertiary/aromatic N) is 4. The predicted octanol–water partition coefficient (Wildman–Crippen LogP) is 5.98. The second-order valence-corrected chi connectivity index (χ2v) is 12.5. The quantitative estimate of drug-likeness (QED) is 0.234. The van der Waals surface area contributed by atoms with Crippen LogP contribution in [0.5, 0.6) is 11.5 Å². The fraction of sp³-hybridized carbons (Fsp3) is 0.364. The molecule has 10 nitrogen and oxygen atoms in total. The Labute approximate surface area is 262 Å². The van der Waals surface area contributed by atoms with Crippen LogP contribution in [-0.2, 0) is 23.6 Å². The lowest BCUT2D eigenvalue weighted by Crippen LogP contribution is -2.35. The number of nitrogens with one attached hydrogen (secondary N) is 1. The Morgan fingerprint density at radius 3 is 2.67 bits per heavy atom. The number of hydrogen-bond donors (Lipinski definition) is 1. The summed E-state index contributed by atoms with van der Waals surface area (Å²) in [5.74, 6) is 0.585. The number of imidazole rings is 1. The van der Waals surface area contributed by atoms with Crippen molar-refractivity contribution >= 4 is 22.6 Å². The van der Waals surface area contributed by atoms with Crippen LogP contribution in [0.4, 0.5) is 4.39 Å². The van der Waals surface area contributed by atoms with Crippen LogP contribution in [0.1, 0.15) is 49.1 Å². The van der Waals surface area contributed by atoms with Crippen molar-refractivity contribution in [2.75, 3.05) is 19.7 Å². The monoisotopic (exact) mass is 631 g/mol. The number of benzene rings is 3. The Morgan fingerprint density at radius 1 is 1.09 bits per heavy atom. The number of fused-ring (bicyclic) bond motifs is 2. The maximum Gasteiger partial charge on any atom is 0.439 e. The number of rotatable bonds is 7. The number of aromatic amines is 1. The van der Waals surface area contributed by atoms with Crippen LogP contribution >= 0.6 is 11.6 Å². The molecule has 3 aromatic carbocycles. The van der Waals surface area contributed by atoms with Gasteiger partial charge in [-0.1, -0.05) is 28.9 Å². The summed E-state index contributed by atoms with van der Waals surface area (Å²) in [4.78, 5) is 21.6. The SMILES string of the molecule is CC1(c2ccc(Cl)cc2F)Oc2cccc(C3CCN(Cc4nc5cc(-c6noc(=O)[nH]6)ccc5n4CC4CCO4)CC3)c2O1. The molecule has 3 aliphatic rings. The Morgan fingerprint density at radius 2 is 1.93 bits per heavy atom. The van der Waals surface area contributed by atoms with Crippen LogP contribution in [0.2, 0.25) is 5.02 Å². The molecular formula is C33H31ClFN5O5. The highest BCUT2D eigenvalue weighted by Gasteiger charge is 2.43. The minimum atomic E-state index is -1.28. The molecule has 8 rings (SSSR count). The van der Waals surface area contributed by atoms with Crippen molar-refractivity contribution in [3.05, 3.63) is 92.9 Å². The van der Waals surface area contributed by atoms with Gasteiger partial charge < -0.3 is 18.8 Å². The summed E-state index contributed by atoms with van der Waals surface area (Å²) in [5.41, 5.74) is 3.97. The Balaban J connectivity index is 1.00. The maximum absolute atomic E-state index is 14.9. The molecule has 2 atom stereocenters. The molecule has 1 N–H and O–H groups in total. The van der Waals surface area contributed by atoms with E-state index in [-0.39, 0.29) is 12.0 Å². The molecule has 0 saturated carbocycles. The smallest absolute Gasteiger partial charge is 0.439 e. The molecule has 2 saturated heterocycles. The van der Waals surface area contributed by atoms with Gasteiger partial charge in [0.1, 0.15) is 11.6 Å². The van der Waals surface area contributed by atoms with Crippen molar-refractivity contribution in [3.8, 4) is 22.9 Å². The lowest BCUT2D eigenvalue weighted by atomic mass is 9.88. The normalized spacial score (nSPS) is 21.8. The molecule has 0 radical (unpaired) electrons. The second kappa shape index (κ2) is 11.0. The van der Waals surface area contributed by atoms with E-state index in [0.29, 0.717) is 34.5 Å². The van der Waals surface area contributed by atoms with Crippen LogP contribution < -0.4 is 15.2 Å². The summed E-state index contributed by atoms with van der Waals surface area (Å²) in [5, 5.41) is 4.15. The highest BCUT2D eigenvalue weighted by Crippen LogP contribution is 2.50. The summed E-state index contributed by atoms with van der Waals surface area (Å²) < 4.78 is 40.2. The van der Waals surface area contributed by atoms with Gasteiger partial charge in [-0.3, -0.25) is 14.4 Å². The molecule has 45 heavy (non-hydrogen) atoms. The molecule has 0 bridgehead atoms. The molecular weight excluding hydrogens is 601 g/mol. The fourth-order valence-corrected chi connectivity index (χ4v) is 6.84. The topological polar surface area (TPSA) is 108 Å². The van der Waals surface area contributed by atoms with Gasteiger partial charge in [0.05, 0.1) is 35.8 Å². The largest absolute Gasteiger partial charge is 0.444 e. The van der Waals surface area contributed by atoms with Crippen molar-refractivity contribution in [3.63, 3.8) is 0 Å². The zero-order chi connectivity index (χ0) is 30.7. The molecule has 2 aromatic heterocycles. The van der Waals surface area contributed by atoms with Gasteiger partial charge in [0, 0.05) is 29.7 Å². The third-order valence-electron chi connectivity index (χ3n) is 9.14. The first-order valence-corrected chi connectivity index (χ1v) is 15.6. The van der Waals surface area contributed by atoms with Gasteiger partial charge in [0.25, 0.3) is 5.79 Å². The standard InChI is InChI=1S/C33H31ClFN5O5/c1-33(24-7-6-21(34)16-25(24)35)43-28-4-2-3-23(30(28)44-33)19-9-12-39(13-10-19)18-29-36-26-15-20(31-37-32(41)45-38-31)5-8-27(26)40(29)17-22-11-14-42-22/h2-8,15-16,19,22H,9-14,17-18H2,1H3,(H,37,38,41). The number of hydrogen-bond acceptors (Lipinski definition) is 8. The van der Waals surface area contributed by atoms with E-state index in [1.807, 2.05) is 30.3 Å². The number of piperidine rings is 1. The van der Waals surface area contributed by atoms with Crippen molar-refractivity contribution in [2.24, 2.45) is 0 Å². The van der Waals surface area contributed by atoms with Gasteiger partial charge in [0.2, 0.25) is 0 Å². The Hall–Kier alpha value is -4.19. The third-order valence-corrected chi connectivity index (χ3v) is 9.38. The molecule has 3 aliphatic heterocycles. The van der Waals surface area contributed by atoms with Crippen molar-refractivity contribution < 1.29 is 23.1 Å². The zero-order valence-electron chi connectivity index (χ0n) is 24.6. The number of ether oxygens (including phenoxy) is 3. The molecule has 0 aliphatic carbocycles. The van der Waals surface area contributed by atoms with Gasteiger partial charge in [-0.2, -0.15) is 0 Å². The molecule has 12 heteroatoms. The van der Waals surface area contributed by atoms with E-state index < -0.39 is 17.4 Å². The number of halogens is 2. The summed E-state index contributed by atoms with van der Waals surface area (Å²) in [6.45, 7) is 5.73. The number of likely N-dealkylation sites (tertiary alicyclic amines) is 1. The molecule has 0 amide bonds. The summed E-state index contributed by atoms with van der Waals surface area (Å²) in [6, 6.07) is 16.3. The van der Waals surface area contributed by atoms with Gasteiger partial charge in [-0.05, 0) is 80.7 Å². The second-order valence-electron chi connectivity index (χ2n) is 12.1. The Bertz CT molecular complexity index is 1960. The first-order valence-electron chi connectivity index (χ1n) is 15.2. The first kappa shape index (κ1) is 28.3. The van der Waals surface area contributed by atoms with E-state index in [2.05, 4.69) is 25.7 Å². The van der Waals surface area contributed by atoms with E-state index in [1.165, 1.54) is 6.07 Å². The van der Waals surface area contributed by atoms with Crippen LogP contribution in [0.25, 0.3) is 22.4 Å². The average molecular weight is 632 g/mol. The number of H-pyrrole nitrogens is 1. The van der Waals surface area contributed by atoms with Crippen LogP contribution in [0, 0.1) is 5.82 Å². The molecule has 2 unspecified atom stereocenters. The predicted molar refractivity (Wildman–Crippen MR) is 164 cm³/mol. The fourth-order valence-electron chi connectivity index (χ4n) is 6.68. The highest BCUT2D eigenvalue weighted by atomic mass is 35.5. The minimum Gasteiger partial charge on any atom is -0.444 e. The summed E-state index contributed by atoms with van der Waals surface area (Å²) >= 11 is 5.99. The van der Waals surface area contributed by atoms with Crippen LogP contribution in [0.15, 0.2) is 63.9 Å². The highest BCUT2D eigenvalue weighted by molar-refractivity contribution is 6.30.